The second-order valence-electron chi connectivity index (χ2n) is 4.47. The van der Waals surface area contributed by atoms with Gasteiger partial charge in [-0.05, 0) is 18.8 Å². The van der Waals surface area contributed by atoms with Crippen molar-refractivity contribution in [3.63, 3.8) is 0 Å². The van der Waals surface area contributed by atoms with E-state index in [-0.39, 0.29) is 24.0 Å². The molecule has 0 radical (unpaired) electrons. The average Bonchev–Trinajstić information content (AvgIpc) is 2.49. The molecule has 1 fully saturated rings. The van der Waals surface area contributed by atoms with Gasteiger partial charge in [-0.25, -0.2) is 0 Å². The first-order valence-corrected chi connectivity index (χ1v) is 5.89. The Morgan fingerprint density at radius 2 is 2.20 bits per heavy atom. The molecule has 2 atom stereocenters. The van der Waals surface area contributed by atoms with Gasteiger partial charge in [-0.1, -0.05) is 26.2 Å². The van der Waals surface area contributed by atoms with Gasteiger partial charge in [-0.15, -0.1) is 0 Å². The van der Waals surface area contributed by atoms with E-state index in [1.54, 1.807) is 0 Å². The molecule has 3 nitrogen and oxygen atoms in total. The summed E-state index contributed by atoms with van der Waals surface area (Å²) in [7, 11) is 0. The maximum Gasteiger partial charge on any atom is 0.303 e. The minimum absolute atomic E-state index is 0.0349. The molecule has 15 heavy (non-hydrogen) atoms. The van der Waals surface area contributed by atoms with Crippen LogP contribution in [0.2, 0.25) is 0 Å². The van der Waals surface area contributed by atoms with Crippen LogP contribution >= 0.6 is 0 Å². The fourth-order valence-corrected chi connectivity index (χ4v) is 2.46. The molecule has 1 rings (SSSR count). The summed E-state index contributed by atoms with van der Waals surface area (Å²) in [4.78, 5) is 22.2. The number of ketones is 1. The van der Waals surface area contributed by atoms with E-state index in [2.05, 4.69) is 6.92 Å². The molecule has 1 N–H and O–H groups in total. The van der Waals surface area contributed by atoms with E-state index in [1.165, 1.54) is 0 Å². The number of hydrogen-bond donors (Lipinski definition) is 1. The first-order valence-electron chi connectivity index (χ1n) is 5.89. The molecule has 0 amide bonds. The maximum atomic E-state index is 11.6. The van der Waals surface area contributed by atoms with E-state index < -0.39 is 5.97 Å². The Morgan fingerprint density at radius 3 is 2.80 bits per heavy atom. The molecular weight excluding hydrogens is 192 g/mol. The third kappa shape index (κ3) is 3.65. The van der Waals surface area contributed by atoms with E-state index in [0.29, 0.717) is 6.42 Å². The number of carbonyl (C=O) groups is 2. The van der Waals surface area contributed by atoms with Crippen molar-refractivity contribution < 1.29 is 14.7 Å². The fraction of sp³-hybridized carbons (Fsp3) is 0.833. The van der Waals surface area contributed by atoms with Gasteiger partial charge in [0.15, 0.2) is 0 Å². The number of unbranched alkanes of at least 4 members (excludes halogenated alkanes) is 2. The van der Waals surface area contributed by atoms with Crippen LogP contribution in [0.1, 0.15) is 51.9 Å². The number of rotatable bonds is 6. The minimum Gasteiger partial charge on any atom is -0.481 e. The Hall–Kier alpha value is -0.860. The molecule has 1 aliphatic carbocycles. The maximum absolute atomic E-state index is 11.6. The minimum atomic E-state index is -0.768. The van der Waals surface area contributed by atoms with Crippen molar-refractivity contribution in [2.45, 2.75) is 51.9 Å². The van der Waals surface area contributed by atoms with Gasteiger partial charge in [0, 0.05) is 18.8 Å². The third-order valence-electron chi connectivity index (χ3n) is 3.30. The number of Topliss-reactive ketones (excluding diaryl/α,β-unsaturated/α-hetero) is 1. The van der Waals surface area contributed by atoms with Crippen molar-refractivity contribution in [1.82, 2.24) is 0 Å². The predicted octanol–water partition coefficient (Wildman–Crippen LogP) is 2.64. The van der Waals surface area contributed by atoms with Gasteiger partial charge >= 0.3 is 5.97 Å². The second kappa shape index (κ2) is 5.89. The summed E-state index contributed by atoms with van der Waals surface area (Å²) in [6, 6.07) is 0. The highest BCUT2D eigenvalue weighted by atomic mass is 16.4. The highest BCUT2D eigenvalue weighted by Gasteiger charge is 2.34. The molecule has 0 unspecified atom stereocenters. The van der Waals surface area contributed by atoms with Crippen molar-refractivity contribution in [3.05, 3.63) is 0 Å². The largest absolute Gasteiger partial charge is 0.481 e. The van der Waals surface area contributed by atoms with E-state index in [1.807, 2.05) is 0 Å². The summed E-state index contributed by atoms with van der Waals surface area (Å²) in [6.07, 6.45) is 5.78. The molecule has 0 aromatic carbocycles. The summed E-state index contributed by atoms with van der Waals surface area (Å²) < 4.78 is 0. The first-order chi connectivity index (χ1) is 7.15. The topological polar surface area (TPSA) is 54.4 Å². The Kier molecular flexibility index (Phi) is 4.79. The molecule has 0 bridgehead atoms. The van der Waals surface area contributed by atoms with Crippen LogP contribution in [-0.2, 0) is 9.59 Å². The zero-order valence-corrected chi connectivity index (χ0v) is 9.37. The van der Waals surface area contributed by atoms with Crippen molar-refractivity contribution in [1.29, 1.82) is 0 Å². The lowest BCUT2D eigenvalue weighted by atomic mass is 9.88. The highest BCUT2D eigenvalue weighted by Crippen LogP contribution is 2.34. The van der Waals surface area contributed by atoms with Gasteiger partial charge in [-0.3, -0.25) is 9.59 Å². The Labute approximate surface area is 90.9 Å². The van der Waals surface area contributed by atoms with Gasteiger partial charge in [0.25, 0.3) is 0 Å². The molecule has 0 spiro atoms. The van der Waals surface area contributed by atoms with Gasteiger partial charge in [-0.2, -0.15) is 0 Å². The van der Waals surface area contributed by atoms with E-state index in [9.17, 15) is 9.59 Å². The van der Waals surface area contributed by atoms with Crippen molar-refractivity contribution in [2.75, 3.05) is 0 Å². The molecule has 1 aliphatic rings. The highest BCUT2D eigenvalue weighted by molar-refractivity contribution is 5.84. The van der Waals surface area contributed by atoms with Crippen LogP contribution in [0.3, 0.4) is 0 Å². The lowest BCUT2D eigenvalue weighted by molar-refractivity contribution is -0.138. The van der Waals surface area contributed by atoms with E-state index in [0.717, 1.165) is 32.1 Å². The van der Waals surface area contributed by atoms with Crippen LogP contribution in [0.4, 0.5) is 0 Å². The molecule has 1 saturated carbocycles. The molecule has 0 saturated heterocycles. The van der Waals surface area contributed by atoms with Crippen LogP contribution in [0, 0.1) is 11.8 Å². The number of carboxylic acids is 1. The summed E-state index contributed by atoms with van der Waals surface area (Å²) in [5, 5.41) is 8.74. The first kappa shape index (κ1) is 12.2. The molecule has 0 aromatic rings. The van der Waals surface area contributed by atoms with Crippen LogP contribution < -0.4 is 0 Å². The summed E-state index contributed by atoms with van der Waals surface area (Å²) >= 11 is 0. The Balaban J connectivity index is 2.41. The van der Waals surface area contributed by atoms with Gasteiger partial charge < -0.3 is 5.11 Å². The fourth-order valence-electron chi connectivity index (χ4n) is 2.46. The Bertz CT molecular complexity index is 235. The zero-order valence-electron chi connectivity index (χ0n) is 9.37. The van der Waals surface area contributed by atoms with Gasteiger partial charge in [0.05, 0.1) is 0 Å². The smallest absolute Gasteiger partial charge is 0.303 e. The van der Waals surface area contributed by atoms with Crippen molar-refractivity contribution in [2.24, 2.45) is 11.8 Å². The van der Waals surface area contributed by atoms with Gasteiger partial charge in [0.2, 0.25) is 0 Å². The molecule has 0 aliphatic heterocycles. The van der Waals surface area contributed by atoms with Crippen LogP contribution in [0.5, 0.6) is 0 Å². The SMILES string of the molecule is CCCCC[C@@H]1C(=O)CC[C@@H]1CC(=O)O. The van der Waals surface area contributed by atoms with Gasteiger partial charge in [0.1, 0.15) is 5.78 Å². The number of hydrogen-bond acceptors (Lipinski definition) is 2. The molecule has 0 heterocycles. The van der Waals surface area contributed by atoms with Crippen LogP contribution in [0.25, 0.3) is 0 Å². The monoisotopic (exact) mass is 212 g/mol. The molecule has 3 heteroatoms. The summed E-state index contributed by atoms with van der Waals surface area (Å²) in [5.74, 6) is -0.341. The second-order valence-corrected chi connectivity index (χ2v) is 4.47. The summed E-state index contributed by atoms with van der Waals surface area (Å²) in [5.41, 5.74) is 0. The van der Waals surface area contributed by atoms with Crippen molar-refractivity contribution >= 4 is 11.8 Å². The molecule has 86 valence electrons. The molecule has 0 aromatic heterocycles. The van der Waals surface area contributed by atoms with E-state index >= 15 is 0 Å². The lowest BCUT2D eigenvalue weighted by Gasteiger charge is -2.15. The van der Waals surface area contributed by atoms with Crippen LogP contribution in [-0.4, -0.2) is 16.9 Å². The standard InChI is InChI=1S/C12H20O3/c1-2-3-4-5-10-9(8-12(14)15)6-7-11(10)13/h9-10H,2-8H2,1H3,(H,14,15)/t9-,10+/m1/s1. The number of carbonyl (C=O) groups excluding carboxylic acids is 1. The lowest BCUT2D eigenvalue weighted by Crippen LogP contribution is -2.17. The average molecular weight is 212 g/mol. The summed E-state index contributed by atoms with van der Waals surface area (Å²) in [6.45, 7) is 2.13. The van der Waals surface area contributed by atoms with Crippen molar-refractivity contribution in [3.8, 4) is 0 Å². The number of carboxylic acid groups (broad SMARTS) is 1. The zero-order chi connectivity index (χ0) is 11.3. The Morgan fingerprint density at radius 1 is 1.47 bits per heavy atom. The number of aliphatic carboxylic acids is 1. The normalized spacial score (nSPS) is 25.8. The quantitative estimate of drug-likeness (QED) is 0.688. The third-order valence-corrected chi connectivity index (χ3v) is 3.30. The molecular formula is C12H20O3. The predicted molar refractivity (Wildman–Crippen MR) is 57.6 cm³/mol. The van der Waals surface area contributed by atoms with E-state index in [4.69, 9.17) is 5.11 Å². The van der Waals surface area contributed by atoms with Crippen LogP contribution in [0.15, 0.2) is 0 Å².